The summed E-state index contributed by atoms with van der Waals surface area (Å²) in [5, 5.41) is 2.18. The second-order valence-electron chi connectivity index (χ2n) is 5.42. The fourth-order valence-corrected chi connectivity index (χ4v) is 2.58. The van der Waals surface area contributed by atoms with Crippen LogP contribution in [-0.2, 0) is 4.79 Å². The van der Waals surface area contributed by atoms with Crippen LogP contribution in [-0.4, -0.2) is 73.6 Å². The number of piperazine rings is 1. The van der Waals surface area contributed by atoms with Crippen LogP contribution in [0.25, 0.3) is 0 Å². The third-order valence-electron chi connectivity index (χ3n) is 3.92. The maximum atomic E-state index is 12.1. The molecule has 0 atom stereocenters. The predicted octanol–water partition coefficient (Wildman–Crippen LogP) is 0.141. The summed E-state index contributed by atoms with van der Waals surface area (Å²) in [5.41, 5.74) is 3.28. The summed E-state index contributed by atoms with van der Waals surface area (Å²) in [6, 6.07) is 0. The molecule has 0 aromatic rings. The van der Waals surface area contributed by atoms with E-state index in [4.69, 9.17) is 0 Å². The minimum atomic E-state index is 0.260. The van der Waals surface area contributed by atoms with Crippen molar-refractivity contribution in [2.75, 3.05) is 52.9 Å². The summed E-state index contributed by atoms with van der Waals surface area (Å²) in [6.45, 7) is 6.51. The van der Waals surface area contributed by atoms with E-state index in [1.54, 1.807) is 0 Å². The fraction of sp³-hybridized carbons (Fsp3) is 0.923. The molecule has 104 valence electrons. The van der Waals surface area contributed by atoms with Crippen LogP contribution in [0.2, 0.25) is 0 Å². The van der Waals surface area contributed by atoms with E-state index >= 15 is 0 Å². The zero-order chi connectivity index (χ0) is 12.8. The molecule has 2 rings (SSSR count). The minimum absolute atomic E-state index is 0.260. The van der Waals surface area contributed by atoms with Gasteiger partial charge in [0.15, 0.2) is 0 Å². The zero-order valence-electron chi connectivity index (χ0n) is 11.5. The van der Waals surface area contributed by atoms with Gasteiger partial charge in [0, 0.05) is 39.3 Å². The van der Waals surface area contributed by atoms with E-state index in [0.717, 1.165) is 39.3 Å². The monoisotopic (exact) mass is 254 g/mol. The topological polar surface area (TPSA) is 38.8 Å². The Hall–Kier alpha value is -0.650. The highest BCUT2D eigenvalue weighted by atomic mass is 16.2. The molecule has 0 bridgehead atoms. The summed E-state index contributed by atoms with van der Waals surface area (Å²) < 4.78 is 0. The molecule has 2 aliphatic rings. The highest BCUT2D eigenvalue weighted by Gasteiger charge is 2.18. The smallest absolute Gasteiger partial charge is 0.237 e. The molecule has 2 saturated heterocycles. The Morgan fingerprint density at radius 2 is 1.56 bits per heavy atom. The van der Waals surface area contributed by atoms with Crippen LogP contribution in [0.5, 0.6) is 0 Å². The van der Waals surface area contributed by atoms with Gasteiger partial charge in [0.2, 0.25) is 5.91 Å². The molecule has 5 nitrogen and oxygen atoms in total. The van der Waals surface area contributed by atoms with E-state index in [9.17, 15) is 4.79 Å². The van der Waals surface area contributed by atoms with Gasteiger partial charge in [-0.05, 0) is 19.9 Å². The molecule has 1 amide bonds. The Morgan fingerprint density at radius 1 is 0.944 bits per heavy atom. The first kappa shape index (κ1) is 13.8. The average molecular weight is 254 g/mol. The third-order valence-corrected chi connectivity index (χ3v) is 3.92. The molecule has 5 heteroatoms. The van der Waals surface area contributed by atoms with Crippen molar-refractivity contribution in [3.8, 4) is 0 Å². The molecule has 0 aliphatic carbocycles. The first-order valence-corrected chi connectivity index (χ1v) is 7.20. The molecule has 2 fully saturated rings. The largest absolute Gasteiger partial charge is 0.342 e. The lowest BCUT2D eigenvalue weighted by molar-refractivity contribution is -0.131. The first-order chi connectivity index (χ1) is 8.75. The summed E-state index contributed by atoms with van der Waals surface area (Å²) in [4.78, 5) is 16.4. The van der Waals surface area contributed by atoms with Gasteiger partial charge in [-0.3, -0.25) is 4.79 Å². The highest BCUT2D eigenvalue weighted by Crippen LogP contribution is 2.09. The van der Waals surface area contributed by atoms with Crippen LogP contribution >= 0.6 is 0 Å². The van der Waals surface area contributed by atoms with Gasteiger partial charge in [-0.1, -0.05) is 12.8 Å². The van der Waals surface area contributed by atoms with Crippen LogP contribution in [0.1, 0.15) is 25.7 Å². The molecule has 0 unspecified atom stereocenters. The van der Waals surface area contributed by atoms with Gasteiger partial charge < -0.3 is 9.80 Å². The van der Waals surface area contributed by atoms with E-state index < -0.39 is 0 Å². The Morgan fingerprint density at radius 3 is 2.17 bits per heavy atom. The summed E-state index contributed by atoms with van der Waals surface area (Å²) in [5.74, 6) is 0.260. The number of hydrogen-bond donors (Lipinski definition) is 1. The van der Waals surface area contributed by atoms with Crippen molar-refractivity contribution in [1.29, 1.82) is 0 Å². The van der Waals surface area contributed by atoms with E-state index in [-0.39, 0.29) is 5.91 Å². The lowest BCUT2D eigenvalue weighted by atomic mass is 10.2. The van der Waals surface area contributed by atoms with Crippen molar-refractivity contribution in [3.05, 3.63) is 0 Å². The zero-order valence-corrected chi connectivity index (χ0v) is 11.5. The van der Waals surface area contributed by atoms with Gasteiger partial charge in [-0.25, -0.2) is 10.4 Å². The number of hydrazine groups is 1. The van der Waals surface area contributed by atoms with Crippen molar-refractivity contribution in [2.24, 2.45) is 0 Å². The molecule has 2 aliphatic heterocycles. The Kier molecular flexibility index (Phi) is 5.41. The van der Waals surface area contributed by atoms with E-state index in [1.165, 1.54) is 25.7 Å². The number of carbonyl (C=O) groups excluding carboxylic acids is 1. The average Bonchev–Trinajstić information content (AvgIpc) is 2.66. The SMILES string of the molecule is CN1CCN(NCC(=O)N2CCCCCC2)CC1. The van der Waals surface area contributed by atoms with Crippen LogP contribution in [0, 0.1) is 0 Å². The second-order valence-corrected chi connectivity index (χ2v) is 5.42. The van der Waals surface area contributed by atoms with E-state index in [0.29, 0.717) is 6.54 Å². The van der Waals surface area contributed by atoms with Crippen LogP contribution in [0.15, 0.2) is 0 Å². The van der Waals surface area contributed by atoms with E-state index in [1.807, 2.05) is 4.90 Å². The number of rotatable bonds is 3. The molecule has 0 radical (unpaired) electrons. The van der Waals surface area contributed by atoms with Crippen molar-refractivity contribution < 1.29 is 4.79 Å². The second kappa shape index (κ2) is 7.07. The number of nitrogens with zero attached hydrogens (tertiary/aromatic N) is 3. The number of amides is 1. The maximum absolute atomic E-state index is 12.1. The van der Waals surface area contributed by atoms with Gasteiger partial charge in [0.25, 0.3) is 0 Å². The van der Waals surface area contributed by atoms with Crippen LogP contribution < -0.4 is 5.43 Å². The minimum Gasteiger partial charge on any atom is -0.342 e. The molecular weight excluding hydrogens is 228 g/mol. The molecule has 0 aromatic carbocycles. The van der Waals surface area contributed by atoms with Crippen molar-refractivity contribution >= 4 is 5.91 Å². The molecular formula is C13H26N4O. The number of carbonyl (C=O) groups is 1. The molecule has 18 heavy (non-hydrogen) atoms. The highest BCUT2D eigenvalue weighted by molar-refractivity contribution is 5.78. The lowest BCUT2D eigenvalue weighted by Gasteiger charge is -2.33. The van der Waals surface area contributed by atoms with Crippen LogP contribution in [0.4, 0.5) is 0 Å². The first-order valence-electron chi connectivity index (χ1n) is 7.20. The third kappa shape index (κ3) is 4.23. The van der Waals surface area contributed by atoms with Crippen LogP contribution in [0.3, 0.4) is 0 Å². The molecule has 0 spiro atoms. The number of nitrogens with one attached hydrogen (secondary N) is 1. The molecule has 1 N–H and O–H groups in total. The summed E-state index contributed by atoms with van der Waals surface area (Å²) in [7, 11) is 2.14. The Labute approximate surface area is 110 Å². The normalized spacial score (nSPS) is 23.9. The lowest BCUT2D eigenvalue weighted by Crippen LogP contribution is -2.53. The van der Waals surface area contributed by atoms with Gasteiger partial charge in [0.05, 0.1) is 6.54 Å². The summed E-state index contributed by atoms with van der Waals surface area (Å²) >= 11 is 0. The standard InChI is InChI=1S/C13H26N4O/c1-15-8-10-17(11-9-15)14-12-13(18)16-6-4-2-3-5-7-16/h14H,2-12H2,1H3. The fourth-order valence-electron chi connectivity index (χ4n) is 2.58. The Bertz CT molecular complexity index is 256. The molecule has 2 heterocycles. The number of hydrogen-bond acceptors (Lipinski definition) is 4. The maximum Gasteiger partial charge on any atom is 0.237 e. The van der Waals surface area contributed by atoms with Crippen molar-refractivity contribution in [1.82, 2.24) is 20.2 Å². The van der Waals surface area contributed by atoms with Crippen molar-refractivity contribution in [2.45, 2.75) is 25.7 Å². The molecule has 0 saturated carbocycles. The van der Waals surface area contributed by atoms with Gasteiger partial charge in [-0.15, -0.1) is 0 Å². The number of likely N-dealkylation sites (N-methyl/N-ethyl adjacent to an activating group) is 1. The van der Waals surface area contributed by atoms with Gasteiger partial charge in [0.1, 0.15) is 0 Å². The Balaban J connectivity index is 1.67. The predicted molar refractivity (Wildman–Crippen MR) is 72.1 cm³/mol. The van der Waals surface area contributed by atoms with Gasteiger partial charge >= 0.3 is 0 Å². The van der Waals surface area contributed by atoms with Gasteiger partial charge in [-0.2, -0.15) is 0 Å². The van der Waals surface area contributed by atoms with Crippen molar-refractivity contribution in [3.63, 3.8) is 0 Å². The molecule has 0 aromatic heterocycles. The van der Waals surface area contributed by atoms with E-state index in [2.05, 4.69) is 22.4 Å². The summed E-state index contributed by atoms with van der Waals surface area (Å²) in [6.07, 6.45) is 4.88. The number of likely N-dealkylation sites (tertiary alicyclic amines) is 1. The quantitative estimate of drug-likeness (QED) is 0.778.